The first-order valence-corrected chi connectivity index (χ1v) is 6.41. The van der Waals surface area contributed by atoms with Gasteiger partial charge in [0.05, 0.1) is 12.7 Å². The van der Waals surface area contributed by atoms with E-state index in [0.29, 0.717) is 11.3 Å². The van der Waals surface area contributed by atoms with Crippen LogP contribution in [0, 0.1) is 0 Å². The van der Waals surface area contributed by atoms with Gasteiger partial charge < -0.3 is 14.0 Å². The number of fused-ring (bicyclic) bond motifs is 2. The minimum atomic E-state index is -0.452. The highest BCUT2D eigenvalue weighted by Gasteiger charge is 2.29. The van der Waals surface area contributed by atoms with Crippen molar-refractivity contribution >= 4 is 18.1 Å². The van der Waals surface area contributed by atoms with Crippen LogP contribution in [0.25, 0.3) is 6.20 Å². The summed E-state index contributed by atoms with van der Waals surface area (Å²) >= 11 is 0. The smallest absolute Gasteiger partial charge is 0.355 e. The Morgan fingerprint density at radius 2 is 2.32 bits per heavy atom. The molecule has 2 aliphatic rings. The fourth-order valence-corrected chi connectivity index (χ4v) is 2.63. The average Bonchev–Trinajstić information content (AvgIpc) is 2.79. The second-order valence-corrected chi connectivity index (χ2v) is 4.86. The number of hydrogen-bond donors (Lipinski definition) is 0. The van der Waals surface area contributed by atoms with Crippen molar-refractivity contribution in [3.05, 3.63) is 29.1 Å². The zero-order valence-corrected chi connectivity index (χ0v) is 10.7. The quantitative estimate of drug-likeness (QED) is 0.727. The minimum Gasteiger partial charge on any atom is -0.465 e. The molecular formula is C14H15NO4. The Bertz CT molecular complexity index is 570. The Morgan fingerprint density at radius 3 is 3.11 bits per heavy atom. The molecule has 1 aliphatic carbocycles. The predicted molar refractivity (Wildman–Crippen MR) is 67.7 cm³/mol. The van der Waals surface area contributed by atoms with Gasteiger partial charge in [-0.05, 0) is 37.3 Å². The van der Waals surface area contributed by atoms with Gasteiger partial charge in [0, 0.05) is 12.4 Å². The lowest BCUT2D eigenvalue weighted by Crippen LogP contribution is -2.21. The van der Waals surface area contributed by atoms with Crippen molar-refractivity contribution in [3.63, 3.8) is 0 Å². The normalized spacial score (nSPS) is 21.6. The van der Waals surface area contributed by atoms with Crippen LogP contribution in [0.2, 0.25) is 0 Å². The summed E-state index contributed by atoms with van der Waals surface area (Å²) < 4.78 is 11.8. The molecule has 1 aromatic rings. The summed E-state index contributed by atoms with van der Waals surface area (Å²) in [5, 5.41) is 0. The second kappa shape index (κ2) is 4.57. The Hall–Kier alpha value is -2.04. The molecule has 19 heavy (non-hydrogen) atoms. The summed E-state index contributed by atoms with van der Waals surface area (Å²) in [5.41, 5.74) is 1.85. The predicted octanol–water partition coefficient (Wildman–Crippen LogP) is 2.23. The van der Waals surface area contributed by atoms with Gasteiger partial charge in [-0.2, -0.15) is 0 Å². The molecule has 0 saturated heterocycles. The highest BCUT2D eigenvalue weighted by atomic mass is 16.5. The lowest BCUT2D eigenvalue weighted by molar-refractivity contribution is 0.0331. The van der Waals surface area contributed by atoms with Crippen LogP contribution in [0.3, 0.4) is 0 Å². The summed E-state index contributed by atoms with van der Waals surface area (Å²) in [4.78, 5) is 23.6. The molecule has 5 nitrogen and oxygen atoms in total. The molecular weight excluding hydrogens is 246 g/mol. The van der Waals surface area contributed by atoms with Crippen LogP contribution in [0.1, 0.15) is 46.5 Å². The van der Waals surface area contributed by atoms with E-state index in [9.17, 15) is 9.59 Å². The van der Waals surface area contributed by atoms with E-state index >= 15 is 0 Å². The molecule has 3 rings (SSSR count). The van der Waals surface area contributed by atoms with Crippen molar-refractivity contribution in [1.29, 1.82) is 0 Å². The highest BCUT2D eigenvalue weighted by molar-refractivity contribution is 5.96. The minimum absolute atomic E-state index is 0.109. The van der Waals surface area contributed by atoms with Gasteiger partial charge in [0.1, 0.15) is 11.8 Å². The molecule has 1 aliphatic heterocycles. The number of rotatable bonds is 1. The first-order chi connectivity index (χ1) is 9.19. The number of ether oxygens (including phenoxy) is 2. The lowest BCUT2D eigenvalue weighted by Gasteiger charge is -2.23. The Morgan fingerprint density at radius 1 is 1.47 bits per heavy atom. The number of esters is 2. The molecule has 2 heterocycles. The summed E-state index contributed by atoms with van der Waals surface area (Å²) in [6.07, 6.45) is 7.43. The first-order valence-electron chi connectivity index (χ1n) is 6.41. The van der Waals surface area contributed by atoms with Crippen LogP contribution in [-0.4, -0.2) is 29.7 Å². The van der Waals surface area contributed by atoms with Crippen LogP contribution in [-0.2, 0) is 9.47 Å². The Kier molecular flexibility index (Phi) is 2.89. The third-order valence-electron chi connectivity index (χ3n) is 3.63. The van der Waals surface area contributed by atoms with E-state index in [4.69, 9.17) is 4.74 Å². The molecule has 1 atom stereocenters. The molecule has 0 radical (unpaired) electrons. The topological polar surface area (TPSA) is 57.5 Å². The SMILES string of the molecule is COC(=O)c1cc2n(c1)C=C1CCCCC1OC2=O. The monoisotopic (exact) mass is 261 g/mol. The molecule has 0 N–H and O–H groups in total. The molecule has 100 valence electrons. The Balaban J connectivity index is 2.03. The summed E-state index contributed by atoms with van der Waals surface area (Å²) in [6.45, 7) is 0. The van der Waals surface area contributed by atoms with E-state index in [1.165, 1.54) is 13.2 Å². The van der Waals surface area contributed by atoms with Crippen molar-refractivity contribution in [2.75, 3.05) is 7.11 Å². The highest BCUT2D eigenvalue weighted by Crippen LogP contribution is 2.30. The molecule has 0 bridgehead atoms. The lowest BCUT2D eigenvalue weighted by atomic mass is 9.93. The van der Waals surface area contributed by atoms with E-state index in [0.717, 1.165) is 31.3 Å². The fourth-order valence-electron chi connectivity index (χ4n) is 2.63. The molecule has 0 spiro atoms. The maximum absolute atomic E-state index is 12.1. The molecule has 0 amide bonds. The van der Waals surface area contributed by atoms with Gasteiger partial charge >= 0.3 is 11.9 Å². The fraction of sp³-hybridized carbons (Fsp3) is 0.429. The number of hydrogen-bond acceptors (Lipinski definition) is 4. The van der Waals surface area contributed by atoms with E-state index in [-0.39, 0.29) is 12.1 Å². The van der Waals surface area contributed by atoms with Gasteiger partial charge in [-0.3, -0.25) is 0 Å². The van der Waals surface area contributed by atoms with Crippen LogP contribution < -0.4 is 0 Å². The maximum atomic E-state index is 12.1. The maximum Gasteiger partial charge on any atom is 0.355 e. The van der Waals surface area contributed by atoms with E-state index < -0.39 is 5.97 Å². The second-order valence-electron chi connectivity index (χ2n) is 4.86. The number of carbonyl (C=O) groups excluding carboxylic acids is 2. The molecule has 1 aromatic heterocycles. The zero-order valence-electron chi connectivity index (χ0n) is 10.7. The van der Waals surface area contributed by atoms with E-state index in [2.05, 4.69) is 4.74 Å². The first kappa shape index (κ1) is 12.0. The number of carbonyl (C=O) groups is 2. The van der Waals surface area contributed by atoms with Crippen LogP contribution in [0.5, 0.6) is 0 Å². The molecule has 0 aromatic carbocycles. The summed E-state index contributed by atoms with van der Waals surface area (Å²) in [7, 11) is 1.32. The standard InChI is InChI=1S/C14H15NO4/c1-18-13(16)10-6-11-14(17)19-12-5-3-2-4-9(12)7-15(11)8-10/h6-8,12H,2-5H2,1H3. The van der Waals surface area contributed by atoms with Gasteiger partial charge in [0.25, 0.3) is 0 Å². The van der Waals surface area contributed by atoms with Crippen molar-refractivity contribution in [1.82, 2.24) is 4.57 Å². The van der Waals surface area contributed by atoms with Crippen LogP contribution in [0.4, 0.5) is 0 Å². The van der Waals surface area contributed by atoms with Gasteiger partial charge in [-0.25, -0.2) is 9.59 Å². The third kappa shape index (κ3) is 2.05. The molecule has 1 fully saturated rings. The van der Waals surface area contributed by atoms with Gasteiger partial charge in [-0.1, -0.05) is 0 Å². The molecule has 1 unspecified atom stereocenters. The van der Waals surface area contributed by atoms with Gasteiger partial charge in [-0.15, -0.1) is 0 Å². The van der Waals surface area contributed by atoms with Gasteiger partial charge in [0.2, 0.25) is 0 Å². The van der Waals surface area contributed by atoms with Gasteiger partial charge in [0.15, 0.2) is 0 Å². The van der Waals surface area contributed by atoms with Crippen LogP contribution >= 0.6 is 0 Å². The van der Waals surface area contributed by atoms with E-state index in [1.807, 2.05) is 6.20 Å². The molecule has 5 heteroatoms. The van der Waals surface area contributed by atoms with Crippen molar-refractivity contribution < 1.29 is 19.1 Å². The molecule has 1 saturated carbocycles. The number of methoxy groups -OCH3 is 1. The Labute approximate surface area is 110 Å². The van der Waals surface area contributed by atoms with Crippen molar-refractivity contribution in [2.24, 2.45) is 0 Å². The van der Waals surface area contributed by atoms with Crippen LogP contribution in [0.15, 0.2) is 17.8 Å². The number of aromatic nitrogens is 1. The zero-order chi connectivity index (χ0) is 13.4. The van der Waals surface area contributed by atoms with Crippen molar-refractivity contribution in [3.8, 4) is 0 Å². The summed E-state index contributed by atoms with van der Waals surface area (Å²) in [6, 6.07) is 1.52. The average molecular weight is 261 g/mol. The number of nitrogens with zero attached hydrogens (tertiary/aromatic N) is 1. The largest absolute Gasteiger partial charge is 0.465 e. The van der Waals surface area contributed by atoms with E-state index in [1.54, 1.807) is 10.8 Å². The third-order valence-corrected chi connectivity index (χ3v) is 3.63. The van der Waals surface area contributed by atoms with Crippen molar-refractivity contribution in [2.45, 2.75) is 31.8 Å². The summed E-state index contributed by atoms with van der Waals surface area (Å²) in [5.74, 6) is -0.833.